The molecule has 2 unspecified atom stereocenters. The van der Waals surface area contributed by atoms with Crippen molar-refractivity contribution < 1.29 is 8.42 Å². The summed E-state index contributed by atoms with van der Waals surface area (Å²) in [5, 5.41) is 4.88. The van der Waals surface area contributed by atoms with Crippen molar-refractivity contribution in [3.8, 4) is 16.9 Å². The topological polar surface area (TPSA) is 89.6 Å². The van der Waals surface area contributed by atoms with Crippen LogP contribution in [0, 0.1) is 11.8 Å². The molecule has 0 amide bonds. The van der Waals surface area contributed by atoms with E-state index in [2.05, 4.69) is 18.8 Å². The Hall–Kier alpha value is -4.12. The van der Waals surface area contributed by atoms with E-state index in [0.29, 0.717) is 51.2 Å². The molecule has 3 aromatic carbocycles. The molecule has 212 valence electrons. The first kappa shape index (κ1) is 26.8. The lowest BCUT2D eigenvalue weighted by atomic mass is 9.94. The van der Waals surface area contributed by atoms with Crippen LogP contribution in [0.25, 0.3) is 39.0 Å². The summed E-state index contributed by atoms with van der Waals surface area (Å²) >= 11 is 1.32. The molecule has 0 saturated carbocycles. The number of aromatic nitrogens is 4. The van der Waals surface area contributed by atoms with Crippen molar-refractivity contribution in [1.29, 1.82) is 0 Å². The van der Waals surface area contributed by atoms with Gasteiger partial charge in [-0.15, -0.1) is 0 Å². The summed E-state index contributed by atoms with van der Waals surface area (Å²) in [7, 11) is -3.68. The molecule has 10 heteroatoms. The van der Waals surface area contributed by atoms with E-state index in [1.165, 1.54) is 11.3 Å². The molecular weight excluding hydrogens is 567 g/mol. The molecule has 0 bridgehead atoms. The van der Waals surface area contributed by atoms with Crippen molar-refractivity contribution in [2.24, 2.45) is 11.8 Å². The van der Waals surface area contributed by atoms with Gasteiger partial charge in [0.2, 0.25) is 10.0 Å². The highest BCUT2D eigenvalue weighted by Crippen LogP contribution is 2.30. The van der Waals surface area contributed by atoms with Crippen molar-refractivity contribution in [2.75, 3.05) is 13.1 Å². The highest BCUT2D eigenvalue weighted by Gasteiger charge is 2.32. The number of fused-ring (bicyclic) bond motifs is 3. The molecule has 0 radical (unpaired) electrons. The van der Waals surface area contributed by atoms with Gasteiger partial charge in [0, 0.05) is 30.4 Å². The summed E-state index contributed by atoms with van der Waals surface area (Å²) < 4.78 is 33.0. The molecule has 0 spiro atoms. The largest absolute Gasteiger partial charge is 0.274 e. The molecule has 3 aromatic heterocycles. The highest BCUT2D eigenvalue weighted by molar-refractivity contribution is 7.89. The number of imidazole rings is 1. The Kier molecular flexibility index (Phi) is 6.56. The smallest absolute Gasteiger partial charge is 0.267 e. The number of hydrogen-bond donors (Lipinski definition) is 0. The van der Waals surface area contributed by atoms with Crippen LogP contribution >= 0.6 is 11.3 Å². The van der Waals surface area contributed by atoms with Crippen molar-refractivity contribution >= 4 is 43.4 Å². The first-order chi connectivity index (χ1) is 20.3. The number of para-hydroxylation sites is 3. The Morgan fingerprint density at radius 1 is 0.929 bits per heavy atom. The van der Waals surface area contributed by atoms with Crippen LogP contribution in [0.4, 0.5) is 0 Å². The van der Waals surface area contributed by atoms with Gasteiger partial charge in [0.05, 0.1) is 26.1 Å². The minimum Gasteiger partial charge on any atom is -0.267 e. The highest BCUT2D eigenvalue weighted by atomic mass is 32.2. The van der Waals surface area contributed by atoms with Crippen LogP contribution in [0.5, 0.6) is 0 Å². The number of piperidine rings is 1. The molecule has 42 heavy (non-hydrogen) atoms. The van der Waals surface area contributed by atoms with Gasteiger partial charge in [0.1, 0.15) is 5.69 Å². The first-order valence-corrected chi connectivity index (χ1v) is 16.2. The second kappa shape index (κ2) is 10.3. The average molecular weight is 596 g/mol. The second-order valence-corrected chi connectivity index (χ2v) is 14.1. The van der Waals surface area contributed by atoms with E-state index in [4.69, 9.17) is 5.10 Å². The zero-order chi connectivity index (χ0) is 29.0. The monoisotopic (exact) mass is 595 g/mol. The maximum Gasteiger partial charge on any atom is 0.274 e. The van der Waals surface area contributed by atoms with Gasteiger partial charge in [-0.25, -0.2) is 22.5 Å². The molecule has 2 atom stereocenters. The fourth-order valence-corrected chi connectivity index (χ4v) is 8.64. The van der Waals surface area contributed by atoms with Crippen LogP contribution in [0.1, 0.15) is 25.8 Å². The normalized spacial score (nSPS) is 18.8. The first-order valence-electron chi connectivity index (χ1n) is 14.0. The number of sulfonamides is 1. The molecule has 0 aliphatic carbocycles. The summed E-state index contributed by atoms with van der Waals surface area (Å²) in [6, 6.07) is 24.3. The van der Waals surface area contributed by atoms with E-state index >= 15 is 0 Å². The third-order valence-electron chi connectivity index (χ3n) is 7.78. The summed E-state index contributed by atoms with van der Waals surface area (Å²) in [5.74, 6) is 0.611. The van der Waals surface area contributed by atoms with E-state index in [1.807, 2.05) is 72.9 Å². The molecule has 6 aromatic rings. The number of nitrogens with zero attached hydrogens (tertiary/aromatic N) is 5. The van der Waals surface area contributed by atoms with E-state index in [1.54, 1.807) is 31.6 Å². The van der Waals surface area contributed by atoms with Crippen molar-refractivity contribution in [2.45, 2.75) is 25.2 Å². The molecule has 1 fully saturated rings. The molecule has 0 N–H and O–H groups in total. The Balaban J connectivity index is 1.37. The van der Waals surface area contributed by atoms with Gasteiger partial charge in [-0.2, -0.15) is 9.40 Å². The van der Waals surface area contributed by atoms with E-state index in [-0.39, 0.29) is 10.5 Å². The quantitative estimate of drug-likeness (QED) is 0.281. The van der Waals surface area contributed by atoms with Gasteiger partial charge < -0.3 is 0 Å². The van der Waals surface area contributed by atoms with Gasteiger partial charge in [0.15, 0.2) is 4.96 Å². The van der Waals surface area contributed by atoms with Gasteiger partial charge >= 0.3 is 0 Å². The molecule has 1 aliphatic rings. The maximum absolute atomic E-state index is 13.7. The Bertz CT molecular complexity index is 2160. The predicted octanol–water partition coefficient (Wildman–Crippen LogP) is 4.98. The number of thiazole rings is 1. The molecule has 8 nitrogen and oxygen atoms in total. The third kappa shape index (κ3) is 4.65. The SMILES string of the molecule is CC1CC(C)CN(S(=O)(=O)c2cccc(-c3nn(-c4ccccc4)cc3/C=c3\sc4nc5ccccc5n4c3=O)c2)C1. The Morgan fingerprint density at radius 3 is 2.45 bits per heavy atom. The summed E-state index contributed by atoms with van der Waals surface area (Å²) in [5.41, 5.74) is 4.22. The zero-order valence-corrected chi connectivity index (χ0v) is 24.8. The van der Waals surface area contributed by atoms with Crippen molar-refractivity contribution in [1.82, 2.24) is 23.5 Å². The Labute approximate surface area is 247 Å². The van der Waals surface area contributed by atoms with E-state index in [0.717, 1.165) is 23.1 Å². The molecule has 1 aliphatic heterocycles. The van der Waals surface area contributed by atoms with Gasteiger partial charge in [-0.05, 0) is 60.7 Å². The number of hydrogen-bond acceptors (Lipinski definition) is 6. The van der Waals surface area contributed by atoms with Crippen molar-refractivity contribution in [3.05, 3.63) is 106 Å². The third-order valence-corrected chi connectivity index (χ3v) is 10.6. The molecule has 1 saturated heterocycles. The standard InChI is InChI=1S/C32H29N5O3S2/c1-21-15-22(2)19-35(18-21)42(39,40)26-12-8-9-23(16-26)30-24(20-36(34-30)25-10-4-3-5-11-25)17-29-31(38)37-28-14-7-6-13-27(28)33-32(37)41-29/h3-14,16-17,20-22H,15,18-19H2,1-2H3/b29-17-. The second-order valence-electron chi connectivity index (χ2n) is 11.1. The zero-order valence-electron chi connectivity index (χ0n) is 23.2. The van der Waals surface area contributed by atoms with Gasteiger partial charge in [-0.1, -0.05) is 67.6 Å². The van der Waals surface area contributed by atoms with Crippen LogP contribution in [0.2, 0.25) is 0 Å². The fraction of sp³-hybridized carbons (Fsp3) is 0.219. The van der Waals surface area contributed by atoms with Crippen LogP contribution < -0.4 is 10.1 Å². The maximum atomic E-state index is 13.7. The lowest BCUT2D eigenvalue weighted by molar-refractivity contribution is 0.222. The Morgan fingerprint density at radius 2 is 1.67 bits per heavy atom. The summed E-state index contributed by atoms with van der Waals surface area (Å²) in [6.07, 6.45) is 4.72. The lowest BCUT2D eigenvalue weighted by Crippen LogP contribution is -2.42. The molecular formula is C32H29N5O3S2. The van der Waals surface area contributed by atoms with Crippen molar-refractivity contribution in [3.63, 3.8) is 0 Å². The summed E-state index contributed by atoms with van der Waals surface area (Å²) in [6.45, 7) is 5.23. The van der Waals surface area contributed by atoms with Gasteiger partial charge in [-0.3, -0.25) is 4.79 Å². The molecule has 4 heterocycles. The minimum absolute atomic E-state index is 0.147. The van der Waals surface area contributed by atoms with Crippen LogP contribution in [0.15, 0.2) is 94.7 Å². The van der Waals surface area contributed by atoms with Crippen LogP contribution in [-0.4, -0.2) is 45.0 Å². The minimum atomic E-state index is -3.68. The van der Waals surface area contributed by atoms with Crippen LogP contribution in [-0.2, 0) is 10.0 Å². The number of rotatable bonds is 5. The lowest BCUT2D eigenvalue weighted by Gasteiger charge is -2.34. The fourth-order valence-electron chi connectivity index (χ4n) is 5.94. The number of benzene rings is 3. The summed E-state index contributed by atoms with van der Waals surface area (Å²) in [4.78, 5) is 19.0. The molecule has 7 rings (SSSR count). The predicted molar refractivity (Wildman–Crippen MR) is 166 cm³/mol. The average Bonchev–Trinajstić information content (AvgIpc) is 3.66. The van der Waals surface area contributed by atoms with Gasteiger partial charge in [0.25, 0.3) is 5.56 Å². The van der Waals surface area contributed by atoms with E-state index in [9.17, 15) is 13.2 Å². The van der Waals surface area contributed by atoms with E-state index < -0.39 is 10.0 Å². The van der Waals surface area contributed by atoms with Crippen LogP contribution in [0.3, 0.4) is 0 Å².